The third-order valence-electron chi connectivity index (χ3n) is 5.01. The molecule has 0 spiro atoms. The van der Waals surface area contributed by atoms with Crippen molar-refractivity contribution in [2.45, 2.75) is 38.1 Å². The molecule has 1 amide bonds. The summed E-state index contributed by atoms with van der Waals surface area (Å²) < 4.78 is 28.0. The first-order chi connectivity index (χ1) is 15.2. The van der Waals surface area contributed by atoms with Crippen molar-refractivity contribution < 1.29 is 13.2 Å². The van der Waals surface area contributed by atoms with Crippen molar-refractivity contribution in [3.05, 3.63) is 94.5 Å². The van der Waals surface area contributed by atoms with E-state index in [2.05, 4.69) is 23.9 Å². The molecule has 0 aliphatic carbocycles. The number of amides is 1. The summed E-state index contributed by atoms with van der Waals surface area (Å²) in [5.41, 5.74) is 2.44. The van der Waals surface area contributed by atoms with E-state index in [4.69, 9.17) is 11.6 Å². The van der Waals surface area contributed by atoms with E-state index in [9.17, 15) is 13.2 Å². The molecular weight excluding hydrogens is 444 g/mol. The Morgan fingerprint density at radius 1 is 0.969 bits per heavy atom. The summed E-state index contributed by atoms with van der Waals surface area (Å²) in [5.74, 6) is 0.00418. The van der Waals surface area contributed by atoms with Crippen molar-refractivity contribution in [3.8, 4) is 0 Å². The highest BCUT2D eigenvalue weighted by molar-refractivity contribution is 7.92. The molecule has 1 atom stereocenters. The second-order valence-electron chi connectivity index (χ2n) is 8.18. The molecule has 0 unspecified atom stereocenters. The van der Waals surface area contributed by atoms with Crippen LogP contribution in [0.4, 0.5) is 5.69 Å². The summed E-state index contributed by atoms with van der Waals surface area (Å²) in [6, 6.07) is 20.6. The first kappa shape index (κ1) is 23.8. The van der Waals surface area contributed by atoms with Crippen LogP contribution in [0.1, 0.15) is 47.8 Å². The molecule has 0 aliphatic heterocycles. The zero-order valence-electron chi connectivity index (χ0n) is 18.3. The van der Waals surface area contributed by atoms with Gasteiger partial charge in [-0.15, -0.1) is 0 Å². The number of hydrogen-bond acceptors (Lipinski definition) is 3. The van der Waals surface area contributed by atoms with Crippen LogP contribution in [0.15, 0.2) is 77.7 Å². The molecule has 32 heavy (non-hydrogen) atoms. The van der Waals surface area contributed by atoms with Crippen molar-refractivity contribution in [1.82, 2.24) is 5.32 Å². The molecule has 168 valence electrons. The molecule has 3 rings (SSSR count). The molecule has 0 aromatic heterocycles. The Kier molecular flexibility index (Phi) is 7.59. The maximum absolute atomic E-state index is 13.1. The minimum atomic E-state index is -3.79. The molecule has 0 aliphatic rings. The lowest BCUT2D eigenvalue weighted by atomic mass is 9.96. The smallest absolute Gasteiger partial charge is 0.261 e. The topological polar surface area (TPSA) is 75.3 Å². The highest BCUT2D eigenvalue weighted by atomic mass is 35.5. The number of halogens is 1. The highest BCUT2D eigenvalue weighted by Gasteiger charge is 2.20. The summed E-state index contributed by atoms with van der Waals surface area (Å²) >= 11 is 6.29. The summed E-state index contributed by atoms with van der Waals surface area (Å²) in [4.78, 5) is 13.2. The van der Waals surface area contributed by atoms with E-state index < -0.39 is 10.0 Å². The molecule has 0 saturated heterocycles. The zero-order valence-corrected chi connectivity index (χ0v) is 19.9. The zero-order chi connectivity index (χ0) is 23.3. The fraction of sp³-hybridized carbons (Fsp3) is 0.240. The van der Waals surface area contributed by atoms with E-state index in [1.165, 1.54) is 30.3 Å². The minimum Gasteiger partial charge on any atom is -0.345 e. The highest BCUT2D eigenvalue weighted by Crippen LogP contribution is 2.26. The van der Waals surface area contributed by atoms with Gasteiger partial charge in [-0.25, -0.2) is 8.42 Å². The summed E-state index contributed by atoms with van der Waals surface area (Å²) in [6.45, 7) is 6.07. The van der Waals surface area contributed by atoms with E-state index in [0.717, 1.165) is 17.5 Å². The Morgan fingerprint density at radius 2 is 1.62 bits per heavy atom. The average Bonchev–Trinajstić information content (AvgIpc) is 2.75. The van der Waals surface area contributed by atoms with Crippen LogP contribution in [-0.2, 0) is 10.0 Å². The minimum absolute atomic E-state index is 0.144. The monoisotopic (exact) mass is 470 g/mol. The number of carbonyl (C=O) groups is 1. The van der Waals surface area contributed by atoms with Crippen LogP contribution in [-0.4, -0.2) is 14.3 Å². The molecule has 0 bridgehead atoms. The first-order valence-corrected chi connectivity index (χ1v) is 12.3. The lowest BCUT2D eigenvalue weighted by Crippen LogP contribution is -2.30. The number of anilines is 1. The molecule has 0 heterocycles. The third-order valence-corrected chi connectivity index (χ3v) is 6.74. The number of carbonyl (C=O) groups excluding carboxylic acids is 1. The second kappa shape index (κ2) is 10.2. The van der Waals surface area contributed by atoms with E-state index in [0.29, 0.717) is 5.92 Å². The molecule has 5 nitrogen and oxygen atoms in total. The van der Waals surface area contributed by atoms with Crippen LogP contribution < -0.4 is 10.0 Å². The van der Waals surface area contributed by atoms with Gasteiger partial charge in [-0.1, -0.05) is 73.5 Å². The number of rotatable bonds is 8. The van der Waals surface area contributed by atoms with Gasteiger partial charge in [0.15, 0.2) is 0 Å². The molecular formula is C25H27ClN2O3S. The van der Waals surface area contributed by atoms with Gasteiger partial charge in [0.1, 0.15) is 0 Å². The van der Waals surface area contributed by atoms with E-state index >= 15 is 0 Å². The number of hydrogen-bond donors (Lipinski definition) is 2. The predicted octanol–water partition coefficient (Wildman–Crippen LogP) is 5.97. The first-order valence-electron chi connectivity index (χ1n) is 10.4. The molecule has 0 fully saturated rings. The lowest BCUT2D eigenvalue weighted by Gasteiger charge is -2.22. The van der Waals surface area contributed by atoms with Crippen LogP contribution >= 0.6 is 11.6 Å². The summed E-state index contributed by atoms with van der Waals surface area (Å²) in [7, 11) is -3.79. The standard InChI is InChI=1S/C25H27ClN2O3S/c1-17(2)15-24(19-7-5-4-6-8-19)27-25(29)22-16-20(11-14-23(22)26)28-32(30,31)21-12-9-18(3)10-13-21/h4-14,16-17,24,28H,15H2,1-3H3,(H,27,29)/t24-/m0/s1. The van der Waals surface area contributed by atoms with Gasteiger partial charge in [0, 0.05) is 5.69 Å². The van der Waals surface area contributed by atoms with E-state index in [1.807, 2.05) is 37.3 Å². The number of aryl methyl sites for hydroxylation is 1. The Hall–Kier alpha value is -2.83. The largest absolute Gasteiger partial charge is 0.345 e. The normalized spacial score (nSPS) is 12.4. The summed E-state index contributed by atoms with van der Waals surface area (Å²) in [6.07, 6.45) is 0.757. The maximum atomic E-state index is 13.1. The Balaban J connectivity index is 1.84. The van der Waals surface area contributed by atoms with Crippen molar-refractivity contribution in [2.75, 3.05) is 4.72 Å². The quantitative estimate of drug-likeness (QED) is 0.426. The Morgan fingerprint density at radius 3 is 2.25 bits per heavy atom. The van der Waals surface area contributed by atoms with Gasteiger partial charge in [0.25, 0.3) is 15.9 Å². The molecule has 3 aromatic carbocycles. The average molecular weight is 471 g/mol. The van der Waals surface area contributed by atoms with Crippen molar-refractivity contribution in [3.63, 3.8) is 0 Å². The fourth-order valence-electron chi connectivity index (χ4n) is 3.37. The van der Waals surface area contributed by atoms with Crippen LogP contribution in [0.5, 0.6) is 0 Å². The van der Waals surface area contributed by atoms with Gasteiger partial charge in [0.05, 0.1) is 21.5 Å². The summed E-state index contributed by atoms with van der Waals surface area (Å²) in [5, 5.41) is 3.30. The van der Waals surface area contributed by atoms with Crippen LogP contribution in [0, 0.1) is 12.8 Å². The molecule has 0 saturated carbocycles. The number of nitrogens with one attached hydrogen (secondary N) is 2. The Labute approximate surface area is 194 Å². The van der Waals surface area contributed by atoms with E-state index in [-0.39, 0.29) is 33.1 Å². The predicted molar refractivity (Wildman–Crippen MR) is 130 cm³/mol. The molecule has 7 heteroatoms. The number of benzene rings is 3. The molecule has 0 radical (unpaired) electrons. The number of sulfonamides is 1. The third kappa shape index (κ3) is 6.11. The van der Waals surface area contributed by atoms with Gasteiger partial charge in [-0.05, 0) is 55.2 Å². The van der Waals surface area contributed by atoms with Gasteiger partial charge >= 0.3 is 0 Å². The van der Waals surface area contributed by atoms with Gasteiger partial charge < -0.3 is 5.32 Å². The van der Waals surface area contributed by atoms with Gasteiger partial charge in [-0.3, -0.25) is 9.52 Å². The van der Waals surface area contributed by atoms with Crippen LogP contribution in [0.2, 0.25) is 5.02 Å². The van der Waals surface area contributed by atoms with Crippen molar-refractivity contribution in [2.24, 2.45) is 5.92 Å². The van der Waals surface area contributed by atoms with Crippen LogP contribution in [0.3, 0.4) is 0 Å². The van der Waals surface area contributed by atoms with Gasteiger partial charge in [-0.2, -0.15) is 0 Å². The second-order valence-corrected chi connectivity index (χ2v) is 10.3. The fourth-order valence-corrected chi connectivity index (χ4v) is 4.62. The molecule has 3 aromatic rings. The SMILES string of the molecule is Cc1ccc(S(=O)(=O)Nc2ccc(Cl)c(C(=O)N[C@@H](CC(C)C)c3ccccc3)c2)cc1. The van der Waals surface area contributed by atoms with E-state index in [1.54, 1.807) is 12.1 Å². The molecule has 2 N–H and O–H groups in total. The van der Waals surface area contributed by atoms with Crippen molar-refractivity contribution >= 4 is 33.2 Å². The van der Waals surface area contributed by atoms with Crippen molar-refractivity contribution in [1.29, 1.82) is 0 Å². The van der Waals surface area contributed by atoms with Gasteiger partial charge in [0.2, 0.25) is 0 Å². The maximum Gasteiger partial charge on any atom is 0.261 e. The van der Waals surface area contributed by atoms with Crippen LogP contribution in [0.25, 0.3) is 0 Å². The Bertz CT molecular complexity index is 1180. The lowest BCUT2D eigenvalue weighted by molar-refractivity contribution is 0.0932.